The first-order chi connectivity index (χ1) is 9.49. The third-order valence-electron chi connectivity index (χ3n) is 2.90. The van der Waals surface area contributed by atoms with Crippen LogP contribution >= 0.6 is 0 Å². The fourth-order valence-electron chi connectivity index (χ4n) is 1.94. The molecule has 0 bridgehead atoms. The molecule has 1 aliphatic rings. The summed E-state index contributed by atoms with van der Waals surface area (Å²) in [6, 6.07) is -1.000. The van der Waals surface area contributed by atoms with Gasteiger partial charge in [0.25, 0.3) is 0 Å². The van der Waals surface area contributed by atoms with Gasteiger partial charge in [-0.15, -0.1) is 0 Å². The number of nitrogens with zero attached hydrogens (tertiary/aromatic N) is 4. The summed E-state index contributed by atoms with van der Waals surface area (Å²) in [6.07, 6.45) is -0.400. The van der Waals surface area contributed by atoms with Crippen molar-refractivity contribution in [3.8, 4) is 0 Å². The molecule has 1 aliphatic heterocycles. The Hall–Kier alpha value is -1.64. The SMILES string of the molecule is [N-]=[N+]=N[C@@H]1C(n2cc(F)c(=O)[nH]c2=O)[Se][C@H](CO)[C@H]1O. The van der Waals surface area contributed by atoms with E-state index in [0.29, 0.717) is 0 Å². The van der Waals surface area contributed by atoms with Crippen molar-refractivity contribution in [1.29, 1.82) is 0 Å². The van der Waals surface area contributed by atoms with Gasteiger partial charge >= 0.3 is 116 Å². The molecular weight excluding hydrogens is 340 g/mol. The van der Waals surface area contributed by atoms with Crippen molar-refractivity contribution in [3.05, 3.63) is 43.3 Å². The number of aromatic amines is 1. The number of halogens is 1. The molecule has 0 aromatic carbocycles. The Labute approximate surface area is 116 Å². The minimum atomic E-state index is -1.15. The average molecular weight is 350 g/mol. The molecule has 108 valence electrons. The monoisotopic (exact) mass is 351 g/mol. The molecule has 20 heavy (non-hydrogen) atoms. The van der Waals surface area contributed by atoms with Crippen LogP contribution in [-0.2, 0) is 0 Å². The summed E-state index contributed by atoms with van der Waals surface area (Å²) in [7, 11) is 0. The van der Waals surface area contributed by atoms with Crippen LogP contribution in [0.1, 0.15) is 4.94 Å². The molecule has 0 saturated carbocycles. The number of hydrogen-bond donors (Lipinski definition) is 3. The molecule has 4 atom stereocenters. The van der Waals surface area contributed by atoms with Gasteiger partial charge in [0.1, 0.15) is 0 Å². The van der Waals surface area contributed by atoms with Gasteiger partial charge in [0.2, 0.25) is 0 Å². The molecule has 1 fully saturated rings. The van der Waals surface area contributed by atoms with Crippen molar-refractivity contribution in [1.82, 2.24) is 9.55 Å². The molecular formula is C9H10FN5O4Se. The number of aliphatic hydroxyl groups is 2. The number of aliphatic hydroxyl groups excluding tert-OH is 2. The average Bonchev–Trinajstić information content (AvgIpc) is 2.72. The van der Waals surface area contributed by atoms with Gasteiger partial charge in [-0.3, -0.25) is 0 Å². The Morgan fingerprint density at radius 3 is 2.90 bits per heavy atom. The molecule has 1 aromatic heterocycles. The maximum absolute atomic E-state index is 13.3. The van der Waals surface area contributed by atoms with E-state index in [2.05, 4.69) is 10.0 Å². The van der Waals surface area contributed by atoms with E-state index < -0.39 is 53.9 Å². The second-order valence-electron chi connectivity index (χ2n) is 4.08. The topological polar surface area (TPSA) is 144 Å². The zero-order chi connectivity index (χ0) is 14.9. The van der Waals surface area contributed by atoms with E-state index in [1.807, 2.05) is 0 Å². The molecule has 3 N–H and O–H groups in total. The van der Waals surface area contributed by atoms with Crippen molar-refractivity contribution in [2.24, 2.45) is 5.11 Å². The standard InChI is InChI=1S/C9H10FN5O4Se/c10-3-1-15(9(19)12-7(3)18)8-5(13-14-11)6(17)4(2-16)20-8/h1,4-6,8,16-17H,2H2,(H,12,18,19)/t4-,5+,6-,8?/m1/s1. The van der Waals surface area contributed by atoms with E-state index >= 15 is 0 Å². The van der Waals surface area contributed by atoms with Crippen LogP contribution < -0.4 is 11.2 Å². The van der Waals surface area contributed by atoms with Gasteiger partial charge in [-0.1, -0.05) is 0 Å². The quantitative estimate of drug-likeness (QED) is 0.270. The maximum atomic E-state index is 13.3. The minimum absolute atomic E-state index is 0.338. The number of azide groups is 1. The van der Waals surface area contributed by atoms with E-state index in [-0.39, 0.29) is 6.61 Å². The Balaban J connectivity index is 2.50. The first-order valence-electron chi connectivity index (χ1n) is 5.49. The second-order valence-corrected chi connectivity index (χ2v) is 6.93. The molecule has 1 aromatic rings. The molecule has 1 saturated heterocycles. The van der Waals surface area contributed by atoms with Crippen LogP contribution in [0, 0.1) is 5.82 Å². The summed E-state index contributed by atoms with van der Waals surface area (Å²) < 4.78 is 14.2. The Bertz CT molecular complexity index is 669. The van der Waals surface area contributed by atoms with Gasteiger partial charge in [-0.05, 0) is 0 Å². The first-order valence-corrected chi connectivity index (χ1v) is 7.47. The predicted molar refractivity (Wildman–Crippen MR) is 65.8 cm³/mol. The van der Waals surface area contributed by atoms with E-state index in [1.54, 1.807) is 4.98 Å². The van der Waals surface area contributed by atoms with Gasteiger partial charge in [-0.2, -0.15) is 0 Å². The summed E-state index contributed by atoms with van der Waals surface area (Å²) >= 11 is -0.512. The normalized spacial score (nSPS) is 29.1. The summed E-state index contributed by atoms with van der Waals surface area (Å²) in [6.45, 7) is -0.338. The van der Waals surface area contributed by atoms with Crippen molar-refractivity contribution in [2.45, 2.75) is 21.9 Å². The van der Waals surface area contributed by atoms with Crippen LogP contribution in [0.4, 0.5) is 4.39 Å². The van der Waals surface area contributed by atoms with Gasteiger partial charge in [-0.25, -0.2) is 0 Å². The molecule has 0 spiro atoms. The number of nitrogens with one attached hydrogen (secondary N) is 1. The molecule has 2 rings (SSSR count). The third-order valence-corrected chi connectivity index (χ3v) is 6.18. The van der Waals surface area contributed by atoms with Crippen molar-refractivity contribution >= 4 is 15.0 Å². The van der Waals surface area contributed by atoms with Crippen LogP contribution in [0.2, 0.25) is 4.82 Å². The summed E-state index contributed by atoms with van der Waals surface area (Å²) in [5.74, 6) is -1.15. The molecule has 1 unspecified atom stereocenters. The Morgan fingerprint density at radius 1 is 1.60 bits per heavy atom. The van der Waals surface area contributed by atoms with Gasteiger partial charge in [0.15, 0.2) is 0 Å². The molecule has 0 radical (unpaired) electrons. The van der Waals surface area contributed by atoms with Crippen LogP contribution in [0.3, 0.4) is 0 Å². The molecule has 0 aliphatic carbocycles. The zero-order valence-corrected chi connectivity index (χ0v) is 11.6. The van der Waals surface area contributed by atoms with E-state index in [1.165, 1.54) is 0 Å². The van der Waals surface area contributed by atoms with E-state index in [9.17, 15) is 19.1 Å². The zero-order valence-electron chi connectivity index (χ0n) is 9.88. The first kappa shape index (κ1) is 14.8. The van der Waals surface area contributed by atoms with Crippen LogP contribution in [0.5, 0.6) is 0 Å². The number of hydrogen-bond acceptors (Lipinski definition) is 5. The Morgan fingerprint density at radius 2 is 2.30 bits per heavy atom. The third kappa shape index (κ3) is 2.49. The fraction of sp³-hybridized carbons (Fsp3) is 0.556. The molecule has 0 amide bonds. The van der Waals surface area contributed by atoms with Crippen LogP contribution in [0.15, 0.2) is 20.9 Å². The molecule has 9 nitrogen and oxygen atoms in total. The number of aromatic nitrogens is 2. The summed E-state index contributed by atoms with van der Waals surface area (Å²) in [5, 5.41) is 22.5. The van der Waals surface area contributed by atoms with Crippen molar-refractivity contribution < 1.29 is 14.6 Å². The number of H-pyrrole nitrogens is 1. The van der Waals surface area contributed by atoms with Crippen LogP contribution in [0.25, 0.3) is 10.4 Å². The van der Waals surface area contributed by atoms with Gasteiger partial charge in [0.05, 0.1) is 0 Å². The van der Waals surface area contributed by atoms with Gasteiger partial charge in [0, 0.05) is 0 Å². The van der Waals surface area contributed by atoms with Crippen molar-refractivity contribution in [3.63, 3.8) is 0 Å². The van der Waals surface area contributed by atoms with Crippen molar-refractivity contribution in [2.75, 3.05) is 6.61 Å². The Kier molecular flexibility index (Phi) is 4.26. The van der Waals surface area contributed by atoms with Crippen LogP contribution in [-0.4, -0.2) is 53.5 Å². The van der Waals surface area contributed by atoms with E-state index in [0.717, 1.165) is 10.8 Å². The molecule has 11 heteroatoms. The number of rotatable bonds is 3. The van der Waals surface area contributed by atoms with Gasteiger partial charge < -0.3 is 0 Å². The van der Waals surface area contributed by atoms with E-state index in [4.69, 9.17) is 10.6 Å². The molecule has 2 heterocycles. The summed E-state index contributed by atoms with van der Waals surface area (Å²) in [5.41, 5.74) is 6.51. The second kappa shape index (κ2) is 5.78. The summed E-state index contributed by atoms with van der Waals surface area (Å²) in [4.78, 5) is 25.8. The predicted octanol–water partition coefficient (Wildman–Crippen LogP) is -1.29. The fourth-order valence-corrected chi connectivity index (χ4v) is 4.95.